The Morgan fingerprint density at radius 2 is 1.56 bits per heavy atom. The van der Waals surface area contributed by atoms with Crippen LogP contribution in [0.3, 0.4) is 0 Å². The zero-order valence-corrected chi connectivity index (χ0v) is 21.7. The van der Waals surface area contributed by atoms with Crippen LogP contribution in [0.25, 0.3) is 16.9 Å². The number of nitrogens with zero attached hydrogens (tertiary/aromatic N) is 3. The highest BCUT2D eigenvalue weighted by molar-refractivity contribution is 5.80. The van der Waals surface area contributed by atoms with Gasteiger partial charge in [0.15, 0.2) is 6.10 Å². The SMILES string of the molecule is CO[C@@H]1[C@@H](OC)[C@H](C)O[C@@H](O/N=C/c2ccc(-c3ccn(-c4ccc(C(C)C)cc4)n3)cc2)[C@@H]1OC. The second-order valence-electron chi connectivity index (χ2n) is 9.16. The molecule has 0 radical (unpaired) electrons. The minimum absolute atomic E-state index is 0.237. The fraction of sp³-hybridized carbons (Fsp3) is 0.429. The Kier molecular flexibility index (Phi) is 8.53. The summed E-state index contributed by atoms with van der Waals surface area (Å²) in [5, 5.41) is 8.87. The molecular formula is C28H35N3O5. The molecule has 1 aromatic heterocycles. The van der Waals surface area contributed by atoms with Crippen LogP contribution >= 0.6 is 0 Å². The molecule has 36 heavy (non-hydrogen) atoms. The van der Waals surface area contributed by atoms with Gasteiger partial charge in [-0.15, -0.1) is 0 Å². The summed E-state index contributed by atoms with van der Waals surface area (Å²) in [6.07, 6.45) is 1.59. The predicted molar refractivity (Wildman–Crippen MR) is 138 cm³/mol. The summed E-state index contributed by atoms with van der Waals surface area (Å²) in [5.74, 6) is 0.505. The van der Waals surface area contributed by atoms with E-state index in [1.54, 1.807) is 27.5 Å². The lowest BCUT2D eigenvalue weighted by Crippen LogP contribution is -2.59. The largest absolute Gasteiger partial charge is 0.376 e. The maximum atomic E-state index is 5.92. The molecular weight excluding hydrogens is 458 g/mol. The van der Waals surface area contributed by atoms with Crippen LogP contribution in [0.5, 0.6) is 0 Å². The van der Waals surface area contributed by atoms with Crippen molar-refractivity contribution in [3.8, 4) is 16.9 Å². The molecule has 0 spiro atoms. The van der Waals surface area contributed by atoms with Crippen molar-refractivity contribution in [3.63, 3.8) is 0 Å². The summed E-state index contributed by atoms with van der Waals surface area (Å²) < 4.78 is 24.5. The normalized spacial score (nSPS) is 24.5. The van der Waals surface area contributed by atoms with Crippen molar-refractivity contribution >= 4 is 6.21 Å². The highest BCUT2D eigenvalue weighted by Gasteiger charge is 2.46. The van der Waals surface area contributed by atoms with Crippen molar-refractivity contribution in [2.24, 2.45) is 5.16 Å². The zero-order valence-electron chi connectivity index (χ0n) is 21.7. The first-order chi connectivity index (χ1) is 17.4. The molecule has 1 fully saturated rings. The van der Waals surface area contributed by atoms with E-state index < -0.39 is 12.4 Å². The van der Waals surface area contributed by atoms with Gasteiger partial charge in [0, 0.05) is 33.1 Å². The third-order valence-electron chi connectivity index (χ3n) is 6.53. The molecule has 1 aliphatic rings. The van der Waals surface area contributed by atoms with Gasteiger partial charge >= 0.3 is 0 Å². The molecule has 0 N–H and O–H groups in total. The van der Waals surface area contributed by atoms with E-state index in [0.29, 0.717) is 5.92 Å². The van der Waals surface area contributed by atoms with Crippen LogP contribution in [0.2, 0.25) is 0 Å². The van der Waals surface area contributed by atoms with Crippen LogP contribution in [-0.4, -0.2) is 68.0 Å². The topological polar surface area (TPSA) is 76.3 Å². The van der Waals surface area contributed by atoms with Crippen LogP contribution < -0.4 is 0 Å². The predicted octanol–water partition coefficient (Wildman–Crippen LogP) is 4.80. The van der Waals surface area contributed by atoms with Crippen LogP contribution in [0.15, 0.2) is 65.9 Å². The monoisotopic (exact) mass is 493 g/mol. The highest BCUT2D eigenvalue weighted by atomic mass is 16.8. The average molecular weight is 494 g/mol. The molecule has 8 heteroatoms. The lowest BCUT2D eigenvalue weighted by molar-refractivity contribution is -0.305. The number of benzene rings is 2. The molecule has 0 saturated carbocycles. The van der Waals surface area contributed by atoms with Crippen molar-refractivity contribution < 1.29 is 23.8 Å². The Balaban J connectivity index is 1.39. The lowest BCUT2D eigenvalue weighted by atomic mass is 9.99. The van der Waals surface area contributed by atoms with E-state index in [2.05, 4.69) is 43.3 Å². The van der Waals surface area contributed by atoms with Crippen molar-refractivity contribution in [3.05, 3.63) is 71.9 Å². The number of aromatic nitrogens is 2. The summed E-state index contributed by atoms with van der Waals surface area (Å²) in [6, 6.07) is 18.5. The first kappa shape index (κ1) is 26.0. The maximum absolute atomic E-state index is 5.92. The van der Waals surface area contributed by atoms with Crippen molar-refractivity contribution in [1.82, 2.24) is 9.78 Å². The van der Waals surface area contributed by atoms with Gasteiger partial charge in [-0.05, 0) is 42.2 Å². The van der Waals surface area contributed by atoms with E-state index in [1.165, 1.54) is 5.56 Å². The highest BCUT2D eigenvalue weighted by Crippen LogP contribution is 2.28. The van der Waals surface area contributed by atoms with Gasteiger partial charge < -0.3 is 23.8 Å². The number of oxime groups is 1. The van der Waals surface area contributed by atoms with Crippen molar-refractivity contribution in [1.29, 1.82) is 0 Å². The van der Waals surface area contributed by atoms with E-state index in [0.717, 1.165) is 22.5 Å². The minimum atomic E-state index is -0.713. The van der Waals surface area contributed by atoms with Gasteiger partial charge in [0.2, 0.25) is 0 Å². The van der Waals surface area contributed by atoms with E-state index in [1.807, 2.05) is 48.1 Å². The van der Waals surface area contributed by atoms with Crippen molar-refractivity contribution in [2.75, 3.05) is 21.3 Å². The molecule has 5 atom stereocenters. The van der Waals surface area contributed by atoms with E-state index in [9.17, 15) is 0 Å². The van der Waals surface area contributed by atoms with Crippen LogP contribution in [-0.2, 0) is 23.8 Å². The number of rotatable bonds is 9. The Labute approximate surface area is 212 Å². The lowest BCUT2D eigenvalue weighted by Gasteiger charge is -2.42. The maximum Gasteiger partial charge on any atom is 0.256 e. The Morgan fingerprint density at radius 3 is 2.17 bits per heavy atom. The Bertz CT molecular complexity index is 1130. The van der Waals surface area contributed by atoms with Gasteiger partial charge in [-0.1, -0.05) is 55.4 Å². The molecule has 8 nitrogen and oxygen atoms in total. The van der Waals surface area contributed by atoms with E-state index in [4.69, 9.17) is 28.9 Å². The third kappa shape index (κ3) is 5.68. The standard InChI is InChI=1S/C28H35N3O5/c1-18(2)21-11-13-23(14-12-21)31-16-15-24(30-31)22-9-7-20(8-10-22)17-29-36-28-27(34-6)26(33-5)25(32-4)19(3)35-28/h7-19,25-28H,1-6H3/b29-17+/t19-,25-,26+,27+,28-/m0/s1. The van der Waals surface area contributed by atoms with Gasteiger partial charge in [-0.25, -0.2) is 4.68 Å². The molecule has 4 rings (SSSR count). The molecule has 192 valence electrons. The molecule has 1 saturated heterocycles. The quantitative estimate of drug-likeness (QED) is 0.315. The second kappa shape index (κ2) is 11.8. The summed E-state index contributed by atoms with van der Waals surface area (Å²) in [7, 11) is 4.83. The van der Waals surface area contributed by atoms with E-state index >= 15 is 0 Å². The molecule has 2 heterocycles. The van der Waals surface area contributed by atoms with Gasteiger partial charge in [0.1, 0.15) is 12.2 Å². The molecule has 0 amide bonds. The Hall–Kier alpha value is -3.04. The van der Waals surface area contributed by atoms with Gasteiger partial charge in [0.05, 0.1) is 23.7 Å². The zero-order chi connectivity index (χ0) is 25.7. The number of ether oxygens (including phenoxy) is 4. The smallest absolute Gasteiger partial charge is 0.256 e. The van der Waals surface area contributed by atoms with E-state index in [-0.39, 0.29) is 18.3 Å². The molecule has 0 aliphatic carbocycles. The molecule has 2 aromatic carbocycles. The van der Waals surface area contributed by atoms with Gasteiger partial charge in [-0.3, -0.25) is 0 Å². The van der Waals surface area contributed by atoms with Crippen molar-refractivity contribution in [2.45, 2.75) is 57.4 Å². The van der Waals surface area contributed by atoms with Crippen LogP contribution in [0.4, 0.5) is 0 Å². The Morgan fingerprint density at radius 1 is 0.889 bits per heavy atom. The fourth-order valence-electron chi connectivity index (χ4n) is 4.42. The van der Waals surface area contributed by atoms with Gasteiger partial charge in [-0.2, -0.15) is 5.10 Å². The fourth-order valence-corrected chi connectivity index (χ4v) is 4.42. The number of methoxy groups -OCH3 is 3. The van der Waals surface area contributed by atoms with Crippen LogP contribution in [0, 0.1) is 0 Å². The second-order valence-corrected chi connectivity index (χ2v) is 9.16. The molecule has 3 aromatic rings. The first-order valence-electron chi connectivity index (χ1n) is 12.1. The number of hydrogen-bond acceptors (Lipinski definition) is 7. The molecule has 0 unspecified atom stereocenters. The summed E-state index contributed by atoms with van der Waals surface area (Å²) >= 11 is 0. The summed E-state index contributed by atoms with van der Waals surface area (Å²) in [5.41, 5.74) is 5.15. The van der Waals surface area contributed by atoms with Gasteiger partial charge in [0.25, 0.3) is 6.29 Å². The first-order valence-corrected chi connectivity index (χ1v) is 12.1. The summed E-state index contributed by atoms with van der Waals surface area (Å²) in [4.78, 5) is 5.65. The average Bonchev–Trinajstić information content (AvgIpc) is 3.39. The summed E-state index contributed by atoms with van der Waals surface area (Å²) in [6.45, 7) is 6.29. The van der Waals surface area contributed by atoms with Crippen LogP contribution in [0.1, 0.15) is 37.8 Å². The number of hydrogen-bond donors (Lipinski definition) is 0. The molecule has 0 bridgehead atoms. The molecule has 1 aliphatic heterocycles. The third-order valence-corrected chi connectivity index (χ3v) is 6.53. The minimum Gasteiger partial charge on any atom is -0.376 e.